The first-order valence-electron chi connectivity index (χ1n) is 8.08. The van der Waals surface area contributed by atoms with Gasteiger partial charge in [-0.3, -0.25) is 9.59 Å². The molecule has 0 aromatic rings. The molecule has 0 saturated heterocycles. The topological polar surface area (TPSA) is 52.6 Å². The Labute approximate surface area is 133 Å². The molecular weight excluding hydrogens is 280 g/mol. The second-order valence-electron chi connectivity index (χ2n) is 5.67. The van der Waals surface area contributed by atoms with Gasteiger partial charge >= 0.3 is 11.9 Å². The summed E-state index contributed by atoms with van der Waals surface area (Å²) in [4.78, 5) is 23.8. The van der Waals surface area contributed by atoms with E-state index in [-0.39, 0.29) is 11.9 Å². The minimum Gasteiger partial charge on any atom is -0.469 e. The third-order valence-electron chi connectivity index (χ3n) is 4.44. The smallest absolute Gasteiger partial charge is 0.309 e. The van der Waals surface area contributed by atoms with Crippen LogP contribution in [0.2, 0.25) is 0 Å². The summed E-state index contributed by atoms with van der Waals surface area (Å²) in [5, 5.41) is 0. The third kappa shape index (κ3) is 5.00. The fraction of sp³-hybridized carbons (Fsp3) is 0.667. The third-order valence-corrected chi connectivity index (χ3v) is 4.44. The van der Waals surface area contributed by atoms with Crippen molar-refractivity contribution in [1.82, 2.24) is 0 Å². The summed E-state index contributed by atoms with van der Waals surface area (Å²) < 4.78 is 9.66. The zero-order valence-electron chi connectivity index (χ0n) is 14.2. The second-order valence-corrected chi connectivity index (χ2v) is 5.67. The van der Waals surface area contributed by atoms with Crippen molar-refractivity contribution < 1.29 is 19.1 Å². The molecule has 0 fully saturated rings. The Morgan fingerprint density at radius 2 is 1.73 bits per heavy atom. The maximum Gasteiger partial charge on any atom is 0.309 e. The highest BCUT2D eigenvalue weighted by Crippen LogP contribution is 2.33. The predicted molar refractivity (Wildman–Crippen MR) is 86.2 cm³/mol. The Morgan fingerprint density at radius 3 is 2.27 bits per heavy atom. The van der Waals surface area contributed by atoms with Crippen LogP contribution in [0, 0.1) is 11.8 Å². The molecule has 0 bridgehead atoms. The van der Waals surface area contributed by atoms with Gasteiger partial charge in [-0.05, 0) is 38.5 Å². The Balaban J connectivity index is 2.71. The lowest BCUT2D eigenvalue weighted by atomic mass is 9.78. The highest BCUT2D eigenvalue weighted by Gasteiger charge is 2.37. The number of ether oxygens (including phenoxy) is 2. The minimum atomic E-state index is -0.418. The molecule has 1 aliphatic rings. The highest BCUT2D eigenvalue weighted by molar-refractivity contribution is 5.82. The van der Waals surface area contributed by atoms with Gasteiger partial charge in [-0.25, -0.2) is 0 Å². The van der Waals surface area contributed by atoms with Crippen molar-refractivity contribution in [3.05, 3.63) is 23.3 Å². The summed E-state index contributed by atoms with van der Waals surface area (Å²) in [5.74, 6) is -1.49. The number of hydrogen-bond acceptors (Lipinski definition) is 4. The average molecular weight is 308 g/mol. The Hall–Kier alpha value is -1.58. The van der Waals surface area contributed by atoms with Gasteiger partial charge in [0.25, 0.3) is 0 Å². The standard InChI is InChI=1S/C18H28O4/c1-5-13(6-2)8-7-9-14-10-11-15(17(19)21-3)16(12-14)18(20)22-4/h8,10,15-16H,5-7,9,11-12H2,1-4H3. The van der Waals surface area contributed by atoms with Gasteiger partial charge < -0.3 is 9.47 Å². The largest absolute Gasteiger partial charge is 0.469 e. The van der Waals surface area contributed by atoms with Crippen LogP contribution in [0.5, 0.6) is 0 Å². The first-order valence-corrected chi connectivity index (χ1v) is 8.08. The van der Waals surface area contributed by atoms with Crippen LogP contribution in [-0.4, -0.2) is 26.2 Å². The molecule has 2 atom stereocenters. The van der Waals surface area contributed by atoms with Crippen LogP contribution in [0.1, 0.15) is 52.4 Å². The van der Waals surface area contributed by atoms with Gasteiger partial charge in [-0.1, -0.05) is 37.1 Å². The van der Waals surface area contributed by atoms with Gasteiger partial charge in [0.05, 0.1) is 26.1 Å². The molecule has 4 heteroatoms. The summed E-state index contributed by atoms with van der Waals surface area (Å²) >= 11 is 0. The molecule has 0 heterocycles. The molecule has 1 rings (SSSR count). The van der Waals surface area contributed by atoms with E-state index in [1.165, 1.54) is 25.4 Å². The van der Waals surface area contributed by atoms with Crippen molar-refractivity contribution >= 4 is 11.9 Å². The summed E-state index contributed by atoms with van der Waals surface area (Å²) in [6.45, 7) is 4.34. The first kappa shape index (κ1) is 18.5. The molecule has 4 nitrogen and oxygen atoms in total. The molecule has 2 unspecified atom stereocenters. The summed E-state index contributed by atoms with van der Waals surface area (Å²) in [6, 6.07) is 0. The molecule has 0 amide bonds. The number of esters is 2. The van der Waals surface area contributed by atoms with E-state index in [0.717, 1.165) is 25.7 Å². The van der Waals surface area contributed by atoms with E-state index < -0.39 is 11.8 Å². The normalized spacial score (nSPS) is 20.8. The zero-order valence-corrected chi connectivity index (χ0v) is 14.2. The van der Waals surface area contributed by atoms with Gasteiger partial charge in [-0.2, -0.15) is 0 Å². The van der Waals surface area contributed by atoms with Crippen LogP contribution in [0.4, 0.5) is 0 Å². The van der Waals surface area contributed by atoms with Crippen molar-refractivity contribution in [3.63, 3.8) is 0 Å². The van der Waals surface area contributed by atoms with Crippen molar-refractivity contribution in [3.8, 4) is 0 Å². The van der Waals surface area contributed by atoms with Crippen LogP contribution >= 0.6 is 0 Å². The van der Waals surface area contributed by atoms with Crippen LogP contribution in [0.3, 0.4) is 0 Å². The van der Waals surface area contributed by atoms with Crippen LogP contribution in [0.25, 0.3) is 0 Å². The van der Waals surface area contributed by atoms with Crippen molar-refractivity contribution in [2.45, 2.75) is 52.4 Å². The molecule has 0 aromatic carbocycles. The Bertz CT molecular complexity index is 442. The number of hydrogen-bond donors (Lipinski definition) is 0. The highest BCUT2D eigenvalue weighted by atomic mass is 16.5. The lowest BCUT2D eigenvalue weighted by Crippen LogP contribution is -2.33. The fourth-order valence-corrected chi connectivity index (χ4v) is 2.98. The summed E-state index contributed by atoms with van der Waals surface area (Å²) in [7, 11) is 2.73. The predicted octanol–water partition coefficient (Wildman–Crippen LogP) is 3.81. The molecule has 0 saturated carbocycles. The SMILES string of the molecule is CCC(=CCCC1=CCC(C(=O)OC)C(C(=O)OC)C1)CC. The van der Waals surface area contributed by atoms with E-state index in [4.69, 9.17) is 9.47 Å². The van der Waals surface area contributed by atoms with Crippen molar-refractivity contribution in [2.24, 2.45) is 11.8 Å². The monoisotopic (exact) mass is 308 g/mol. The molecule has 0 radical (unpaired) electrons. The average Bonchev–Trinajstić information content (AvgIpc) is 2.57. The Morgan fingerprint density at radius 1 is 1.14 bits per heavy atom. The van der Waals surface area contributed by atoms with Gasteiger partial charge in [0.2, 0.25) is 0 Å². The van der Waals surface area contributed by atoms with Gasteiger partial charge in [0, 0.05) is 0 Å². The first-order chi connectivity index (χ1) is 10.6. The lowest BCUT2D eigenvalue weighted by molar-refractivity contribution is -0.157. The van der Waals surface area contributed by atoms with E-state index in [2.05, 4.69) is 26.0 Å². The Kier molecular flexibility index (Phi) is 7.92. The van der Waals surface area contributed by atoms with E-state index in [1.807, 2.05) is 0 Å². The summed E-state index contributed by atoms with van der Waals surface area (Å²) in [6.07, 6.45) is 9.63. The molecule has 124 valence electrons. The van der Waals surface area contributed by atoms with E-state index in [1.54, 1.807) is 0 Å². The number of allylic oxidation sites excluding steroid dienone is 4. The van der Waals surface area contributed by atoms with E-state index in [9.17, 15) is 9.59 Å². The quantitative estimate of drug-likeness (QED) is 0.530. The summed E-state index contributed by atoms with van der Waals surface area (Å²) in [5.41, 5.74) is 2.70. The second kappa shape index (κ2) is 9.44. The maximum absolute atomic E-state index is 11.9. The molecule has 22 heavy (non-hydrogen) atoms. The fourth-order valence-electron chi connectivity index (χ4n) is 2.98. The molecule has 0 spiro atoms. The molecule has 0 aliphatic heterocycles. The number of carbonyl (C=O) groups is 2. The van der Waals surface area contributed by atoms with Gasteiger partial charge in [0.1, 0.15) is 0 Å². The number of methoxy groups -OCH3 is 2. The van der Waals surface area contributed by atoms with E-state index >= 15 is 0 Å². The number of carbonyl (C=O) groups excluding carboxylic acids is 2. The van der Waals surface area contributed by atoms with Gasteiger partial charge in [0.15, 0.2) is 0 Å². The van der Waals surface area contributed by atoms with Crippen molar-refractivity contribution in [2.75, 3.05) is 14.2 Å². The zero-order chi connectivity index (χ0) is 16.5. The van der Waals surface area contributed by atoms with Gasteiger partial charge in [-0.15, -0.1) is 0 Å². The van der Waals surface area contributed by atoms with E-state index in [0.29, 0.717) is 12.8 Å². The molecular formula is C18H28O4. The van der Waals surface area contributed by atoms with Crippen LogP contribution < -0.4 is 0 Å². The minimum absolute atomic E-state index is 0.320. The van der Waals surface area contributed by atoms with Crippen LogP contribution in [0.15, 0.2) is 23.3 Å². The van der Waals surface area contributed by atoms with Crippen molar-refractivity contribution in [1.29, 1.82) is 0 Å². The number of rotatable bonds is 7. The molecule has 0 aromatic heterocycles. The molecule has 0 N–H and O–H groups in total. The lowest BCUT2D eigenvalue weighted by Gasteiger charge is -2.27. The molecule has 1 aliphatic carbocycles. The van der Waals surface area contributed by atoms with Crippen LogP contribution in [-0.2, 0) is 19.1 Å². The maximum atomic E-state index is 11.9.